The van der Waals surface area contributed by atoms with Gasteiger partial charge in [-0.3, -0.25) is 24.0 Å². The largest absolute Gasteiger partial charge is 0.347 e. The Balaban J connectivity index is 2.40. The third-order valence-electron chi connectivity index (χ3n) is 4.00. The lowest BCUT2D eigenvalue weighted by atomic mass is 10.0. The fourth-order valence-corrected chi connectivity index (χ4v) is 2.39. The van der Waals surface area contributed by atoms with Crippen molar-refractivity contribution in [3.05, 3.63) is 35.9 Å². The number of amides is 4. The van der Waals surface area contributed by atoms with Crippen LogP contribution in [0, 0.1) is 0 Å². The molecule has 0 aliphatic carbocycles. The van der Waals surface area contributed by atoms with E-state index in [4.69, 9.17) is 0 Å². The van der Waals surface area contributed by atoms with Crippen molar-refractivity contribution in [2.24, 2.45) is 0 Å². The molecule has 1 aromatic carbocycles. The van der Waals surface area contributed by atoms with Crippen molar-refractivity contribution in [3.8, 4) is 0 Å². The van der Waals surface area contributed by atoms with Crippen molar-refractivity contribution in [1.29, 1.82) is 0 Å². The Morgan fingerprint density at radius 3 is 2.03 bits per heavy atom. The second-order valence-electron chi connectivity index (χ2n) is 6.44. The molecule has 0 saturated heterocycles. The highest BCUT2D eigenvalue weighted by Gasteiger charge is 2.20. The van der Waals surface area contributed by atoms with Gasteiger partial charge in [0.05, 0.1) is 19.6 Å². The smallest absolute Gasteiger partial charge is 0.243 e. The van der Waals surface area contributed by atoms with Crippen molar-refractivity contribution in [2.75, 3.05) is 19.6 Å². The van der Waals surface area contributed by atoms with Crippen molar-refractivity contribution in [3.63, 3.8) is 0 Å². The zero-order valence-electron chi connectivity index (χ0n) is 16.7. The van der Waals surface area contributed by atoms with Gasteiger partial charge < -0.3 is 21.3 Å². The van der Waals surface area contributed by atoms with E-state index in [1.807, 2.05) is 30.3 Å². The fourth-order valence-electron chi connectivity index (χ4n) is 2.39. The normalized spacial score (nSPS) is 11.1. The molecule has 0 radical (unpaired) electrons. The molecular formula is C20H28N4O5. The van der Waals surface area contributed by atoms with Crippen molar-refractivity contribution < 1.29 is 24.0 Å². The van der Waals surface area contributed by atoms with Crippen LogP contribution in [-0.4, -0.2) is 55.1 Å². The minimum Gasteiger partial charge on any atom is -0.347 e. The molecule has 29 heavy (non-hydrogen) atoms. The molecule has 0 aliphatic rings. The highest BCUT2D eigenvalue weighted by atomic mass is 16.2. The van der Waals surface area contributed by atoms with Crippen LogP contribution in [0.2, 0.25) is 0 Å². The number of rotatable bonds is 12. The highest BCUT2D eigenvalue weighted by Crippen LogP contribution is 2.05. The van der Waals surface area contributed by atoms with Gasteiger partial charge in [-0.15, -0.1) is 0 Å². The van der Waals surface area contributed by atoms with Gasteiger partial charge in [-0.25, -0.2) is 0 Å². The minimum absolute atomic E-state index is 0.0816. The quantitative estimate of drug-likeness (QED) is 0.371. The van der Waals surface area contributed by atoms with E-state index in [1.165, 1.54) is 6.92 Å². The van der Waals surface area contributed by atoms with Gasteiger partial charge in [0, 0.05) is 13.3 Å². The summed E-state index contributed by atoms with van der Waals surface area (Å²) in [6, 6.07) is 8.75. The average molecular weight is 404 g/mol. The average Bonchev–Trinajstić information content (AvgIpc) is 2.72. The third kappa shape index (κ3) is 10.6. The predicted octanol–water partition coefficient (Wildman–Crippen LogP) is -0.548. The Morgan fingerprint density at radius 2 is 1.45 bits per heavy atom. The van der Waals surface area contributed by atoms with Gasteiger partial charge in [-0.1, -0.05) is 37.3 Å². The fraction of sp³-hybridized carbons (Fsp3) is 0.450. The number of nitrogens with one attached hydrogen (secondary N) is 4. The van der Waals surface area contributed by atoms with E-state index in [9.17, 15) is 24.0 Å². The van der Waals surface area contributed by atoms with E-state index in [1.54, 1.807) is 6.92 Å². The summed E-state index contributed by atoms with van der Waals surface area (Å²) in [6.07, 6.45) is 1.28. The van der Waals surface area contributed by atoms with Crippen LogP contribution in [0.15, 0.2) is 30.3 Å². The summed E-state index contributed by atoms with van der Waals surface area (Å²) in [5.41, 5.74) is 1.03. The molecule has 0 aliphatic heterocycles. The number of carbonyl (C=O) groups excluding carboxylic acids is 5. The molecule has 1 atom stereocenters. The summed E-state index contributed by atoms with van der Waals surface area (Å²) in [6.45, 7) is 2.29. The molecule has 1 unspecified atom stereocenters. The van der Waals surface area contributed by atoms with Crippen LogP contribution in [-0.2, 0) is 30.4 Å². The van der Waals surface area contributed by atoms with E-state index in [0.29, 0.717) is 19.3 Å². The van der Waals surface area contributed by atoms with Crippen molar-refractivity contribution >= 4 is 29.4 Å². The first-order valence-electron chi connectivity index (χ1n) is 9.45. The predicted molar refractivity (Wildman–Crippen MR) is 107 cm³/mol. The van der Waals surface area contributed by atoms with Gasteiger partial charge in [0.1, 0.15) is 6.04 Å². The second kappa shape index (κ2) is 13.0. The SMILES string of the molecule is CCC(=O)CNC(=O)CNC(=O)CNC(=O)C(CCc1ccccc1)NC(C)=O. The highest BCUT2D eigenvalue weighted by molar-refractivity contribution is 5.92. The summed E-state index contributed by atoms with van der Waals surface area (Å²) in [5, 5.41) is 9.77. The van der Waals surface area contributed by atoms with Crippen molar-refractivity contribution in [2.45, 2.75) is 39.2 Å². The maximum Gasteiger partial charge on any atom is 0.243 e. The van der Waals surface area contributed by atoms with E-state index in [-0.39, 0.29) is 31.3 Å². The van der Waals surface area contributed by atoms with E-state index >= 15 is 0 Å². The molecule has 0 heterocycles. The van der Waals surface area contributed by atoms with Gasteiger partial charge in [0.15, 0.2) is 5.78 Å². The molecular weight excluding hydrogens is 376 g/mol. The van der Waals surface area contributed by atoms with E-state index < -0.39 is 23.8 Å². The number of hydrogen-bond donors (Lipinski definition) is 4. The van der Waals surface area contributed by atoms with Crippen LogP contribution < -0.4 is 21.3 Å². The number of hydrogen-bond acceptors (Lipinski definition) is 5. The first-order valence-corrected chi connectivity index (χ1v) is 9.45. The van der Waals surface area contributed by atoms with E-state index in [2.05, 4.69) is 21.3 Å². The van der Waals surface area contributed by atoms with Crippen LogP contribution in [0.3, 0.4) is 0 Å². The van der Waals surface area contributed by atoms with Crippen LogP contribution in [0.25, 0.3) is 0 Å². The molecule has 0 spiro atoms. The molecule has 9 heteroatoms. The maximum absolute atomic E-state index is 12.3. The molecule has 1 aromatic rings. The minimum atomic E-state index is -0.774. The Labute approximate surface area is 170 Å². The zero-order chi connectivity index (χ0) is 21.6. The first-order chi connectivity index (χ1) is 13.8. The molecule has 9 nitrogen and oxygen atoms in total. The Bertz CT molecular complexity index is 721. The summed E-state index contributed by atoms with van der Waals surface area (Å²) >= 11 is 0. The lowest BCUT2D eigenvalue weighted by molar-refractivity contribution is -0.130. The summed E-state index contributed by atoms with van der Waals surface area (Å²) < 4.78 is 0. The Kier molecular flexibility index (Phi) is 10.7. The van der Waals surface area contributed by atoms with Crippen LogP contribution >= 0.6 is 0 Å². The molecule has 4 N–H and O–H groups in total. The molecule has 1 rings (SSSR count). The number of benzene rings is 1. The molecule has 0 saturated carbocycles. The standard InChI is InChI=1S/C20H28N4O5/c1-3-16(26)11-21-18(27)12-22-19(28)13-23-20(29)17(24-14(2)25)10-9-15-7-5-4-6-8-15/h4-8,17H,3,9-13H2,1-2H3,(H,21,27)(H,22,28)(H,23,29)(H,24,25). The summed E-state index contributed by atoms with van der Waals surface area (Å²) in [7, 11) is 0. The lowest BCUT2D eigenvalue weighted by Gasteiger charge is -2.17. The molecule has 0 fully saturated rings. The Hall–Kier alpha value is -3.23. The molecule has 0 aromatic heterocycles. The van der Waals surface area contributed by atoms with Crippen LogP contribution in [0.1, 0.15) is 32.3 Å². The summed E-state index contributed by atoms with van der Waals surface area (Å²) in [4.78, 5) is 58.2. The molecule has 4 amide bonds. The van der Waals surface area contributed by atoms with Gasteiger partial charge in [0.25, 0.3) is 0 Å². The van der Waals surface area contributed by atoms with Gasteiger partial charge in [0.2, 0.25) is 23.6 Å². The number of ketones is 1. The monoisotopic (exact) mass is 404 g/mol. The zero-order valence-corrected chi connectivity index (χ0v) is 16.7. The number of aryl methyl sites for hydroxylation is 1. The second-order valence-corrected chi connectivity index (χ2v) is 6.44. The van der Waals surface area contributed by atoms with Gasteiger partial charge >= 0.3 is 0 Å². The molecule has 158 valence electrons. The van der Waals surface area contributed by atoms with E-state index in [0.717, 1.165) is 5.56 Å². The van der Waals surface area contributed by atoms with Crippen LogP contribution in [0.5, 0.6) is 0 Å². The van der Waals surface area contributed by atoms with Crippen LogP contribution in [0.4, 0.5) is 0 Å². The lowest BCUT2D eigenvalue weighted by Crippen LogP contribution is -2.49. The number of carbonyl (C=O) groups is 5. The number of Topliss-reactive ketones (excluding diaryl/α,β-unsaturated/α-hetero) is 1. The van der Waals surface area contributed by atoms with Gasteiger partial charge in [-0.05, 0) is 18.4 Å². The van der Waals surface area contributed by atoms with Gasteiger partial charge in [-0.2, -0.15) is 0 Å². The third-order valence-corrected chi connectivity index (χ3v) is 4.00. The maximum atomic E-state index is 12.3. The first kappa shape index (κ1) is 23.8. The van der Waals surface area contributed by atoms with Crippen molar-refractivity contribution in [1.82, 2.24) is 21.3 Å². The molecule has 0 bridgehead atoms. The Morgan fingerprint density at radius 1 is 0.862 bits per heavy atom. The summed E-state index contributed by atoms with van der Waals surface area (Å²) in [5.74, 6) is -1.99. The topological polar surface area (TPSA) is 133 Å².